The minimum Gasteiger partial charge on any atom is -0.353 e. The van der Waals surface area contributed by atoms with Gasteiger partial charge in [0.1, 0.15) is 0 Å². The number of rotatable bonds is 1. The summed E-state index contributed by atoms with van der Waals surface area (Å²) < 4.78 is 0. The van der Waals surface area contributed by atoms with Crippen LogP contribution in [-0.4, -0.2) is 10.7 Å². The van der Waals surface area contributed by atoms with E-state index in [2.05, 4.69) is 47.2 Å². The lowest BCUT2D eigenvalue weighted by molar-refractivity contribution is 0.688. The van der Waals surface area contributed by atoms with Gasteiger partial charge in [0.2, 0.25) is 0 Å². The van der Waals surface area contributed by atoms with E-state index in [9.17, 15) is 0 Å². The average molecular weight is 216 g/mol. The summed E-state index contributed by atoms with van der Waals surface area (Å²) in [6.07, 6.45) is 7.39. The van der Waals surface area contributed by atoms with Crippen molar-refractivity contribution in [3.05, 3.63) is 36.0 Å². The number of para-hydroxylation sites is 1. The summed E-state index contributed by atoms with van der Waals surface area (Å²) in [6.45, 7) is 0. The fourth-order valence-electron chi connectivity index (χ4n) is 2.25. The van der Waals surface area contributed by atoms with Gasteiger partial charge in [-0.25, -0.2) is 0 Å². The molecule has 15 heavy (non-hydrogen) atoms. The third-order valence-electron chi connectivity index (χ3n) is 3.05. The van der Waals surface area contributed by atoms with Crippen molar-refractivity contribution in [3.8, 4) is 0 Å². The predicted octanol–water partition coefficient (Wildman–Crippen LogP) is 3.93. The smallest absolute Gasteiger partial charge is 0.0677 e. The SMILES string of the molecule is [c]1[nH]c2ccccc2c1C1CCCCS1. The van der Waals surface area contributed by atoms with Crippen LogP contribution in [0.4, 0.5) is 0 Å². The molecule has 1 fully saturated rings. The molecule has 1 aromatic heterocycles. The quantitative estimate of drug-likeness (QED) is 0.763. The lowest BCUT2D eigenvalue weighted by Gasteiger charge is -2.20. The molecule has 2 heterocycles. The lowest BCUT2D eigenvalue weighted by atomic mass is 10.1. The van der Waals surface area contributed by atoms with Crippen molar-refractivity contribution in [2.24, 2.45) is 0 Å². The van der Waals surface area contributed by atoms with E-state index in [-0.39, 0.29) is 0 Å². The Kier molecular flexibility index (Phi) is 2.45. The molecule has 0 amide bonds. The number of nitrogens with one attached hydrogen (secondary N) is 1. The number of H-pyrrole nitrogens is 1. The molecule has 0 aliphatic carbocycles. The maximum atomic E-state index is 3.34. The van der Waals surface area contributed by atoms with Gasteiger partial charge in [-0.1, -0.05) is 24.6 Å². The lowest BCUT2D eigenvalue weighted by Crippen LogP contribution is -2.01. The van der Waals surface area contributed by atoms with Crippen molar-refractivity contribution in [2.45, 2.75) is 24.5 Å². The Labute approximate surface area is 94.3 Å². The maximum absolute atomic E-state index is 3.34. The van der Waals surface area contributed by atoms with Gasteiger partial charge in [-0.15, -0.1) is 0 Å². The third kappa shape index (κ3) is 1.67. The molecule has 2 heteroatoms. The van der Waals surface area contributed by atoms with E-state index >= 15 is 0 Å². The maximum Gasteiger partial charge on any atom is 0.0677 e. The molecule has 1 atom stereocenters. The molecule has 3 rings (SSSR count). The van der Waals surface area contributed by atoms with Crippen LogP contribution in [0.5, 0.6) is 0 Å². The zero-order valence-corrected chi connectivity index (χ0v) is 9.44. The fourth-order valence-corrected chi connectivity index (χ4v) is 3.59. The van der Waals surface area contributed by atoms with Gasteiger partial charge in [0.15, 0.2) is 0 Å². The standard InChI is InChI=1S/C13H14NS/c1-2-6-12-10(5-1)11(9-14-12)13-7-3-4-8-15-13/h1-2,5-6,13-14H,3-4,7-8H2. The van der Waals surface area contributed by atoms with Crippen LogP contribution in [-0.2, 0) is 0 Å². The second kappa shape index (κ2) is 3.93. The number of benzene rings is 1. The van der Waals surface area contributed by atoms with Crippen LogP contribution in [0, 0.1) is 6.20 Å². The molecule has 1 aliphatic rings. The predicted molar refractivity (Wildman–Crippen MR) is 66.2 cm³/mol. The molecular weight excluding hydrogens is 202 g/mol. The first-order chi connectivity index (χ1) is 7.45. The normalized spacial score (nSPS) is 22.0. The largest absolute Gasteiger partial charge is 0.353 e. The van der Waals surface area contributed by atoms with Crippen LogP contribution in [0.25, 0.3) is 10.9 Å². The number of hydrogen-bond acceptors (Lipinski definition) is 1. The highest BCUT2D eigenvalue weighted by atomic mass is 32.2. The van der Waals surface area contributed by atoms with Gasteiger partial charge in [-0.3, -0.25) is 0 Å². The Bertz CT molecular complexity index is 454. The van der Waals surface area contributed by atoms with Crippen molar-refractivity contribution in [3.63, 3.8) is 0 Å². The van der Waals surface area contributed by atoms with Crippen molar-refractivity contribution in [1.82, 2.24) is 4.98 Å². The molecule has 1 nitrogen and oxygen atoms in total. The summed E-state index contributed by atoms with van der Waals surface area (Å²) in [7, 11) is 0. The summed E-state index contributed by atoms with van der Waals surface area (Å²) >= 11 is 2.08. The van der Waals surface area contributed by atoms with Gasteiger partial charge in [-0.2, -0.15) is 11.8 Å². The Morgan fingerprint density at radius 1 is 1.27 bits per heavy atom. The highest BCUT2D eigenvalue weighted by molar-refractivity contribution is 7.99. The van der Waals surface area contributed by atoms with Crippen molar-refractivity contribution in [1.29, 1.82) is 0 Å². The van der Waals surface area contributed by atoms with Crippen LogP contribution in [0.1, 0.15) is 30.1 Å². The molecule has 0 bridgehead atoms. The monoisotopic (exact) mass is 216 g/mol. The van der Waals surface area contributed by atoms with Crippen LogP contribution in [0.2, 0.25) is 0 Å². The minimum atomic E-state index is 0.662. The molecule has 1 aromatic carbocycles. The Hall–Kier alpha value is -0.890. The second-order valence-electron chi connectivity index (χ2n) is 4.06. The Balaban J connectivity index is 2.02. The molecule has 0 saturated carbocycles. The highest BCUT2D eigenvalue weighted by Crippen LogP contribution is 2.40. The topological polar surface area (TPSA) is 15.8 Å². The molecule has 2 aromatic rings. The average Bonchev–Trinajstić information content (AvgIpc) is 2.74. The molecule has 1 saturated heterocycles. The second-order valence-corrected chi connectivity index (χ2v) is 5.38. The molecule has 1 radical (unpaired) electrons. The van der Waals surface area contributed by atoms with Crippen LogP contribution in [0.3, 0.4) is 0 Å². The van der Waals surface area contributed by atoms with E-state index < -0.39 is 0 Å². The first-order valence-corrected chi connectivity index (χ1v) is 6.60. The van der Waals surface area contributed by atoms with E-state index in [1.807, 2.05) is 0 Å². The molecular formula is C13H14NS. The van der Waals surface area contributed by atoms with Gasteiger partial charge < -0.3 is 4.98 Å². The molecule has 1 aliphatic heterocycles. The zero-order chi connectivity index (χ0) is 10.1. The fraction of sp³-hybridized carbons (Fsp3) is 0.385. The van der Waals surface area contributed by atoms with Crippen LogP contribution >= 0.6 is 11.8 Å². The number of fused-ring (bicyclic) bond motifs is 1. The van der Waals surface area contributed by atoms with E-state index in [1.165, 1.54) is 41.5 Å². The Morgan fingerprint density at radius 2 is 2.20 bits per heavy atom. The van der Waals surface area contributed by atoms with Crippen LogP contribution in [0.15, 0.2) is 24.3 Å². The number of hydrogen-bond donors (Lipinski definition) is 1. The summed E-state index contributed by atoms with van der Waals surface area (Å²) in [5.41, 5.74) is 2.61. The Morgan fingerprint density at radius 3 is 3.07 bits per heavy atom. The molecule has 0 spiro atoms. The summed E-state index contributed by atoms with van der Waals surface area (Å²) in [5, 5.41) is 2.02. The zero-order valence-electron chi connectivity index (χ0n) is 8.62. The molecule has 1 unspecified atom stereocenters. The van der Waals surface area contributed by atoms with E-state index in [0.717, 1.165) is 0 Å². The van der Waals surface area contributed by atoms with Crippen molar-refractivity contribution < 1.29 is 0 Å². The number of aromatic nitrogens is 1. The first kappa shape index (κ1) is 9.34. The third-order valence-corrected chi connectivity index (χ3v) is 4.45. The minimum absolute atomic E-state index is 0.662. The van der Waals surface area contributed by atoms with Gasteiger partial charge in [0.05, 0.1) is 6.20 Å². The van der Waals surface area contributed by atoms with Gasteiger partial charge in [0.25, 0.3) is 0 Å². The van der Waals surface area contributed by atoms with E-state index in [1.54, 1.807) is 0 Å². The molecule has 1 N–H and O–H groups in total. The first-order valence-electron chi connectivity index (χ1n) is 5.55. The number of aromatic amines is 1. The number of thioether (sulfide) groups is 1. The van der Waals surface area contributed by atoms with E-state index in [0.29, 0.717) is 5.25 Å². The van der Waals surface area contributed by atoms with E-state index in [4.69, 9.17) is 0 Å². The van der Waals surface area contributed by atoms with Crippen molar-refractivity contribution in [2.75, 3.05) is 5.75 Å². The van der Waals surface area contributed by atoms with Crippen LogP contribution < -0.4 is 0 Å². The van der Waals surface area contributed by atoms with Gasteiger partial charge in [-0.05, 0) is 24.7 Å². The van der Waals surface area contributed by atoms with Crippen molar-refractivity contribution >= 4 is 22.7 Å². The van der Waals surface area contributed by atoms with Gasteiger partial charge >= 0.3 is 0 Å². The molecule has 77 valence electrons. The van der Waals surface area contributed by atoms with Gasteiger partial charge in [0, 0.05) is 21.7 Å². The highest BCUT2D eigenvalue weighted by Gasteiger charge is 2.19. The summed E-state index contributed by atoms with van der Waals surface area (Å²) in [4.78, 5) is 3.25. The summed E-state index contributed by atoms with van der Waals surface area (Å²) in [5.74, 6) is 1.30. The summed E-state index contributed by atoms with van der Waals surface area (Å²) in [6, 6.07) is 8.52.